The molecule has 0 atom stereocenters. The fourth-order valence-electron chi connectivity index (χ4n) is 1.50. The molecule has 0 aliphatic rings. The van der Waals surface area contributed by atoms with Gasteiger partial charge in [-0.05, 0) is 35.4 Å². The van der Waals surface area contributed by atoms with Gasteiger partial charge < -0.3 is 5.73 Å². The highest BCUT2D eigenvalue weighted by atomic mass is 19.1. The Morgan fingerprint density at radius 2 is 1.55 bits per heavy atom. The third-order valence-electron chi connectivity index (χ3n) is 2.58. The first-order valence-corrected chi connectivity index (χ1v) is 6.37. The zero-order valence-corrected chi connectivity index (χ0v) is 11.5. The van der Waals surface area contributed by atoms with Crippen LogP contribution in [0.4, 0.5) is 8.78 Å². The zero-order valence-electron chi connectivity index (χ0n) is 11.5. The molecule has 0 aliphatic carbocycles. The van der Waals surface area contributed by atoms with Crippen molar-refractivity contribution in [3.05, 3.63) is 71.3 Å². The Balaban J connectivity index is 1.87. The number of azo groups is 1. The number of nitrogens with two attached hydrogens (primary N) is 1. The first-order valence-electron chi connectivity index (χ1n) is 6.37. The molecule has 112 valence electrons. The maximum Gasteiger partial charge on any atom is 0.259 e. The van der Waals surface area contributed by atoms with Crippen LogP contribution >= 0.6 is 0 Å². The molecule has 2 aromatic carbocycles. The molecule has 0 unspecified atom stereocenters. The lowest BCUT2D eigenvalue weighted by Crippen LogP contribution is -2.06. The summed E-state index contributed by atoms with van der Waals surface area (Å²) in [6, 6.07) is 11.6. The second-order valence-electron chi connectivity index (χ2n) is 4.28. The number of hydrogen-bond acceptors (Lipinski definition) is 3. The molecule has 0 saturated heterocycles. The number of nitrogens with zero attached hydrogens (tertiary/aromatic N) is 4. The Bertz CT molecular complexity index is 691. The van der Waals surface area contributed by atoms with Gasteiger partial charge >= 0.3 is 0 Å². The van der Waals surface area contributed by atoms with Crippen LogP contribution in [0.25, 0.3) is 0 Å². The zero-order chi connectivity index (χ0) is 15.8. The Hall–Kier alpha value is -2.96. The first-order chi connectivity index (χ1) is 10.6. The quantitative estimate of drug-likeness (QED) is 0.400. The molecule has 0 aromatic heterocycles. The summed E-state index contributed by atoms with van der Waals surface area (Å²) >= 11 is 0. The molecule has 0 heterocycles. The third-order valence-corrected chi connectivity index (χ3v) is 2.58. The minimum absolute atomic E-state index is 0.111. The van der Waals surface area contributed by atoms with Gasteiger partial charge in [0.1, 0.15) is 11.6 Å². The van der Waals surface area contributed by atoms with Gasteiger partial charge in [-0.15, -0.1) is 10.2 Å². The summed E-state index contributed by atoms with van der Waals surface area (Å²) in [4.78, 5) is 0. The van der Waals surface area contributed by atoms with Gasteiger partial charge in [-0.3, -0.25) is 0 Å². The summed E-state index contributed by atoms with van der Waals surface area (Å²) in [5.41, 5.74) is 6.99. The summed E-state index contributed by atoms with van der Waals surface area (Å²) in [7, 11) is 0. The van der Waals surface area contributed by atoms with E-state index in [2.05, 4.69) is 20.4 Å². The van der Waals surface area contributed by atoms with E-state index in [4.69, 9.17) is 5.73 Å². The predicted octanol–water partition coefficient (Wildman–Crippen LogP) is 3.27. The van der Waals surface area contributed by atoms with Crippen LogP contribution in [0.5, 0.6) is 0 Å². The SMILES string of the molecule is N/C(N=NCc1ccc(F)cc1)=N\N=C/c1ccc(F)cc1. The maximum atomic E-state index is 12.7. The molecule has 0 fully saturated rings. The second-order valence-corrected chi connectivity index (χ2v) is 4.28. The highest BCUT2D eigenvalue weighted by Gasteiger charge is 1.93. The predicted molar refractivity (Wildman–Crippen MR) is 80.6 cm³/mol. The highest BCUT2D eigenvalue weighted by Crippen LogP contribution is 2.04. The van der Waals surface area contributed by atoms with Crippen molar-refractivity contribution in [3.8, 4) is 0 Å². The van der Waals surface area contributed by atoms with Crippen LogP contribution < -0.4 is 5.73 Å². The largest absolute Gasteiger partial charge is 0.365 e. The summed E-state index contributed by atoms with van der Waals surface area (Å²) in [6.45, 7) is 0.262. The molecule has 0 spiro atoms. The fraction of sp³-hybridized carbons (Fsp3) is 0.0667. The van der Waals surface area contributed by atoms with E-state index in [1.54, 1.807) is 24.3 Å². The van der Waals surface area contributed by atoms with Gasteiger partial charge in [0.2, 0.25) is 0 Å². The molecule has 0 saturated carbocycles. The van der Waals surface area contributed by atoms with Crippen LogP contribution in [0, 0.1) is 11.6 Å². The van der Waals surface area contributed by atoms with E-state index in [0.29, 0.717) is 5.56 Å². The lowest BCUT2D eigenvalue weighted by molar-refractivity contribution is 0.626. The van der Waals surface area contributed by atoms with Crippen molar-refractivity contribution in [2.24, 2.45) is 26.2 Å². The summed E-state index contributed by atoms with van der Waals surface area (Å²) in [5, 5.41) is 14.9. The lowest BCUT2D eigenvalue weighted by Gasteiger charge is -1.94. The van der Waals surface area contributed by atoms with Gasteiger partial charge in [-0.2, -0.15) is 10.2 Å². The topological polar surface area (TPSA) is 75.5 Å². The fourth-order valence-corrected chi connectivity index (χ4v) is 1.50. The minimum Gasteiger partial charge on any atom is -0.365 e. The molecule has 2 N–H and O–H groups in total. The standard InChI is InChI=1S/C15H13F2N5/c16-13-5-1-11(2-6-13)9-19-21-15(18)22-20-10-12-3-7-14(17)8-4-12/h1-9H,10H2,(H2,18,21)/b19-9-,22-20?. The number of halogens is 2. The third kappa shape index (κ3) is 5.20. The monoisotopic (exact) mass is 301 g/mol. The molecule has 5 nitrogen and oxygen atoms in total. The normalized spacial score (nSPS) is 12.4. The molecule has 2 aromatic rings. The Labute approximate surface area is 125 Å². The van der Waals surface area contributed by atoms with Crippen molar-refractivity contribution in [2.75, 3.05) is 0 Å². The first kappa shape index (κ1) is 15.4. The summed E-state index contributed by atoms with van der Waals surface area (Å²) < 4.78 is 25.4. The summed E-state index contributed by atoms with van der Waals surface area (Å²) in [6.07, 6.45) is 1.42. The molecular weight excluding hydrogens is 288 g/mol. The molecular formula is C15H13F2N5. The van der Waals surface area contributed by atoms with E-state index >= 15 is 0 Å². The Morgan fingerprint density at radius 3 is 2.18 bits per heavy atom. The average molecular weight is 301 g/mol. The lowest BCUT2D eigenvalue weighted by atomic mass is 10.2. The van der Waals surface area contributed by atoms with E-state index in [1.165, 1.54) is 30.5 Å². The van der Waals surface area contributed by atoms with Crippen molar-refractivity contribution in [3.63, 3.8) is 0 Å². The van der Waals surface area contributed by atoms with Crippen molar-refractivity contribution in [2.45, 2.75) is 6.54 Å². The van der Waals surface area contributed by atoms with Gasteiger partial charge in [0.25, 0.3) is 5.96 Å². The van der Waals surface area contributed by atoms with E-state index < -0.39 is 0 Å². The number of benzene rings is 2. The molecule has 7 heteroatoms. The smallest absolute Gasteiger partial charge is 0.259 e. The molecule has 0 amide bonds. The number of guanidine groups is 1. The van der Waals surface area contributed by atoms with Crippen molar-refractivity contribution < 1.29 is 8.78 Å². The van der Waals surface area contributed by atoms with Crippen LogP contribution in [0.1, 0.15) is 11.1 Å². The van der Waals surface area contributed by atoms with Gasteiger partial charge in [-0.25, -0.2) is 8.78 Å². The van der Waals surface area contributed by atoms with E-state index in [-0.39, 0.29) is 24.1 Å². The molecule has 22 heavy (non-hydrogen) atoms. The number of hydrogen-bond donors (Lipinski definition) is 1. The van der Waals surface area contributed by atoms with Gasteiger partial charge in [0.05, 0.1) is 12.8 Å². The van der Waals surface area contributed by atoms with E-state index in [0.717, 1.165) is 5.56 Å². The van der Waals surface area contributed by atoms with Crippen LogP contribution in [0.2, 0.25) is 0 Å². The molecule has 0 radical (unpaired) electrons. The maximum absolute atomic E-state index is 12.7. The van der Waals surface area contributed by atoms with Crippen LogP contribution in [0.3, 0.4) is 0 Å². The molecule has 0 aliphatic heterocycles. The Kier molecular flexibility index (Phi) is 5.42. The van der Waals surface area contributed by atoms with Gasteiger partial charge in [0, 0.05) is 0 Å². The summed E-state index contributed by atoms with van der Waals surface area (Å²) in [5.74, 6) is -0.743. The Morgan fingerprint density at radius 1 is 0.955 bits per heavy atom. The average Bonchev–Trinajstić information content (AvgIpc) is 2.51. The van der Waals surface area contributed by atoms with Gasteiger partial charge in [-0.1, -0.05) is 24.3 Å². The van der Waals surface area contributed by atoms with E-state index in [1.807, 2.05) is 0 Å². The van der Waals surface area contributed by atoms with Crippen LogP contribution in [0.15, 0.2) is 69.0 Å². The van der Waals surface area contributed by atoms with Crippen LogP contribution in [-0.4, -0.2) is 12.2 Å². The molecule has 2 rings (SSSR count). The molecule has 0 bridgehead atoms. The highest BCUT2D eigenvalue weighted by molar-refractivity contribution is 5.82. The second kappa shape index (κ2) is 7.72. The van der Waals surface area contributed by atoms with Crippen molar-refractivity contribution in [1.82, 2.24) is 0 Å². The van der Waals surface area contributed by atoms with Crippen molar-refractivity contribution >= 4 is 12.2 Å². The number of rotatable bonds is 4. The van der Waals surface area contributed by atoms with Crippen molar-refractivity contribution in [1.29, 1.82) is 0 Å². The van der Waals surface area contributed by atoms with Crippen LogP contribution in [-0.2, 0) is 6.54 Å². The van der Waals surface area contributed by atoms with E-state index in [9.17, 15) is 8.78 Å². The minimum atomic E-state index is -0.324. The van der Waals surface area contributed by atoms with Gasteiger partial charge in [0.15, 0.2) is 0 Å².